The molecular formula is C21H16Cl2S. The van der Waals surface area contributed by atoms with E-state index in [-0.39, 0.29) is 0 Å². The second-order valence-corrected chi connectivity index (χ2v) is 7.29. The van der Waals surface area contributed by atoms with Gasteiger partial charge in [0.2, 0.25) is 0 Å². The lowest BCUT2D eigenvalue weighted by atomic mass is 10.00. The monoisotopic (exact) mass is 370 g/mol. The molecule has 0 fully saturated rings. The Bertz CT molecular complexity index is 785. The standard InChI is InChI=1S/C21H16Cl2S/c1-15-2-12-20(13-3-15)24-14-21(16-4-8-18(22)9-5-16)17-6-10-19(23)11-7-17/h2-14H,1H3. The highest BCUT2D eigenvalue weighted by atomic mass is 35.5. The van der Waals surface area contributed by atoms with Crippen LogP contribution in [0, 0.1) is 6.92 Å². The minimum Gasteiger partial charge on any atom is -0.0974 e. The molecule has 0 unspecified atom stereocenters. The molecule has 0 atom stereocenters. The zero-order valence-corrected chi connectivity index (χ0v) is 15.5. The van der Waals surface area contributed by atoms with Gasteiger partial charge in [0.15, 0.2) is 0 Å². The third kappa shape index (κ3) is 4.45. The van der Waals surface area contributed by atoms with Crippen molar-refractivity contribution in [1.29, 1.82) is 0 Å². The van der Waals surface area contributed by atoms with E-state index in [1.54, 1.807) is 11.8 Å². The molecular weight excluding hydrogens is 355 g/mol. The van der Waals surface area contributed by atoms with E-state index in [2.05, 4.69) is 36.6 Å². The van der Waals surface area contributed by atoms with Gasteiger partial charge < -0.3 is 0 Å². The van der Waals surface area contributed by atoms with Crippen molar-refractivity contribution in [2.24, 2.45) is 0 Å². The summed E-state index contributed by atoms with van der Waals surface area (Å²) in [5, 5.41) is 3.65. The van der Waals surface area contributed by atoms with Gasteiger partial charge in [-0.25, -0.2) is 0 Å². The molecule has 0 bridgehead atoms. The number of hydrogen-bond donors (Lipinski definition) is 0. The van der Waals surface area contributed by atoms with E-state index in [9.17, 15) is 0 Å². The van der Waals surface area contributed by atoms with Crippen LogP contribution in [0.1, 0.15) is 16.7 Å². The van der Waals surface area contributed by atoms with Crippen LogP contribution in [0.3, 0.4) is 0 Å². The van der Waals surface area contributed by atoms with Crippen LogP contribution in [0.5, 0.6) is 0 Å². The van der Waals surface area contributed by atoms with Gasteiger partial charge in [0, 0.05) is 14.9 Å². The Labute approximate surface area is 157 Å². The topological polar surface area (TPSA) is 0 Å². The molecule has 0 heterocycles. The second kappa shape index (κ2) is 7.94. The fourth-order valence-corrected chi connectivity index (χ4v) is 3.38. The van der Waals surface area contributed by atoms with E-state index in [4.69, 9.17) is 23.2 Å². The predicted molar refractivity (Wildman–Crippen MR) is 107 cm³/mol. The normalized spacial score (nSPS) is 10.5. The van der Waals surface area contributed by atoms with Gasteiger partial charge in [-0.1, -0.05) is 76.9 Å². The largest absolute Gasteiger partial charge is 0.0974 e. The highest BCUT2D eigenvalue weighted by molar-refractivity contribution is 8.02. The van der Waals surface area contributed by atoms with Crippen molar-refractivity contribution < 1.29 is 0 Å². The molecule has 0 amide bonds. The Hall–Kier alpha value is -1.67. The quantitative estimate of drug-likeness (QED) is 0.428. The number of hydrogen-bond acceptors (Lipinski definition) is 1. The van der Waals surface area contributed by atoms with E-state index < -0.39 is 0 Å². The summed E-state index contributed by atoms with van der Waals surface area (Å²) in [6.45, 7) is 2.09. The smallest absolute Gasteiger partial charge is 0.0406 e. The number of benzene rings is 3. The van der Waals surface area contributed by atoms with Crippen molar-refractivity contribution in [3.8, 4) is 0 Å². The summed E-state index contributed by atoms with van der Waals surface area (Å²) in [7, 11) is 0. The summed E-state index contributed by atoms with van der Waals surface area (Å²) in [5.74, 6) is 0. The lowest BCUT2D eigenvalue weighted by molar-refractivity contribution is 1.38. The maximum absolute atomic E-state index is 6.03. The van der Waals surface area contributed by atoms with Crippen LogP contribution >= 0.6 is 35.0 Å². The Morgan fingerprint density at radius 2 is 1.17 bits per heavy atom. The maximum Gasteiger partial charge on any atom is 0.0406 e. The van der Waals surface area contributed by atoms with Crippen LogP contribution in [0.25, 0.3) is 5.57 Å². The highest BCUT2D eigenvalue weighted by Crippen LogP contribution is 2.31. The van der Waals surface area contributed by atoms with E-state index in [1.165, 1.54) is 10.5 Å². The lowest BCUT2D eigenvalue weighted by Crippen LogP contribution is -1.87. The summed E-state index contributed by atoms with van der Waals surface area (Å²) >= 11 is 13.8. The van der Waals surface area contributed by atoms with Crippen LogP contribution in [0.15, 0.2) is 83.1 Å². The first-order valence-electron chi connectivity index (χ1n) is 7.57. The van der Waals surface area contributed by atoms with E-state index in [1.807, 2.05) is 48.5 Å². The molecule has 0 aliphatic rings. The third-order valence-electron chi connectivity index (χ3n) is 3.64. The summed E-state index contributed by atoms with van der Waals surface area (Å²) < 4.78 is 0. The fraction of sp³-hybridized carbons (Fsp3) is 0.0476. The number of aryl methyl sites for hydroxylation is 1. The number of thioether (sulfide) groups is 1. The zero-order chi connectivity index (χ0) is 16.9. The molecule has 0 aliphatic carbocycles. The maximum atomic E-state index is 6.03. The molecule has 0 aliphatic heterocycles. The molecule has 0 spiro atoms. The van der Waals surface area contributed by atoms with Gasteiger partial charge in [-0.15, -0.1) is 0 Å². The van der Waals surface area contributed by atoms with E-state index >= 15 is 0 Å². The van der Waals surface area contributed by atoms with Crippen LogP contribution in [0.4, 0.5) is 0 Å². The molecule has 3 aromatic rings. The van der Waals surface area contributed by atoms with Crippen LogP contribution < -0.4 is 0 Å². The van der Waals surface area contributed by atoms with Gasteiger partial charge in [0.25, 0.3) is 0 Å². The van der Waals surface area contributed by atoms with Crippen molar-refractivity contribution in [1.82, 2.24) is 0 Å². The van der Waals surface area contributed by atoms with Gasteiger partial charge >= 0.3 is 0 Å². The molecule has 3 heteroatoms. The molecule has 0 aromatic heterocycles. The minimum atomic E-state index is 0.736. The number of rotatable bonds is 4. The average Bonchev–Trinajstić information content (AvgIpc) is 2.59. The zero-order valence-electron chi connectivity index (χ0n) is 13.2. The van der Waals surface area contributed by atoms with Crippen molar-refractivity contribution in [2.75, 3.05) is 0 Å². The van der Waals surface area contributed by atoms with Gasteiger partial charge in [0.1, 0.15) is 0 Å². The molecule has 0 saturated carbocycles. The van der Waals surface area contributed by atoms with Crippen molar-refractivity contribution in [3.63, 3.8) is 0 Å². The SMILES string of the molecule is Cc1ccc(SC=C(c2ccc(Cl)cc2)c2ccc(Cl)cc2)cc1. The first kappa shape index (κ1) is 17.2. The first-order valence-corrected chi connectivity index (χ1v) is 9.21. The van der Waals surface area contributed by atoms with E-state index in [0.717, 1.165) is 26.7 Å². The predicted octanol–water partition coefficient (Wildman–Crippen LogP) is 7.48. The van der Waals surface area contributed by atoms with Crippen LogP contribution in [-0.4, -0.2) is 0 Å². The Morgan fingerprint density at radius 1 is 0.708 bits per heavy atom. The first-order chi connectivity index (χ1) is 11.6. The minimum absolute atomic E-state index is 0.736. The molecule has 120 valence electrons. The van der Waals surface area contributed by atoms with Crippen molar-refractivity contribution >= 4 is 40.5 Å². The molecule has 3 aromatic carbocycles. The molecule has 0 nitrogen and oxygen atoms in total. The summed E-state index contributed by atoms with van der Waals surface area (Å²) in [6, 6.07) is 24.3. The summed E-state index contributed by atoms with van der Waals surface area (Å²) in [4.78, 5) is 1.21. The fourth-order valence-electron chi connectivity index (χ4n) is 2.31. The van der Waals surface area contributed by atoms with Gasteiger partial charge in [-0.3, -0.25) is 0 Å². The van der Waals surface area contributed by atoms with Crippen molar-refractivity contribution in [2.45, 2.75) is 11.8 Å². The molecule has 3 rings (SSSR count). The summed E-state index contributed by atoms with van der Waals surface area (Å²) in [5.41, 5.74) is 4.66. The Morgan fingerprint density at radius 3 is 1.62 bits per heavy atom. The van der Waals surface area contributed by atoms with Crippen LogP contribution in [-0.2, 0) is 0 Å². The van der Waals surface area contributed by atoms with Gasteiger partial charge in [-0.05, 0) is 65.4 Å². The molecule has 0 radical (unpaired) electrons. The van der Waals surface area contributed by atoms with Gasteiger partial charge in [-0.2, -0.15) is 0 Å². The summed E-state index contributed by atoms with van der Waals surface area (Å²) in [6.07, 6.45) is 0. The highest BCUT2D eigenvalue weighted by Gasteiger charge is 2.06. The van der Waals surface area contributed by atoms with Crippen molar-refractivity contribution in [3.05, 3.63) is 105 Å². The third-order valence-corrected chi connectivity index (χ3v) is 5.05. The molecule has 0 N–H and O–H groups in total. The second-order valence-electron chi connectivity index (χ2n) is 5.48. The van der Waals surface area contributed by atoms with E-state index in [0.29, 0.717) is 0 Å². The van der Waals surface area contributed by atoms with Gasteiger partial charge in [0.05, 0.1) is 0 Å². The molecule has 0 saturated heterocycles. The Balaban J connectivity index is 1.97. The lowest BCUT2D eigenvalue weighted by Gasteiger charge is -2.09. The average molecular weight is 371 g/mol. The number of halogens is 2. The molecule has 24 heavy (non-hydrogen) atoms. The Kier molecular flexibility index (Phi) is 5.68. The van der Waals surface area contributed by atoms with Crippen LogP contribution in [0.2, 0.25) is 10.0 Å².